The molecule has 0 aliphatic rings. The van der Waals surface area contributed by atoms with E-state index in [1.165, 1.54) is 16.3 Å². The Hall–Kier alpha value is 4.60. The Labute approximate surface area is 390 Å². The van der Waals surface area contributed by atoms with E-state index in [1.807, 2.05) is 18.2 Å². The van der Waals surface area contributed by atoms with Crippen molar-refractivity contribution in [2.24, 2.45) is 0 Å². The topological polar surface area (TPSA) is 0 Å². The van der Waals surface area contributed by atoms with Gasteiger partial charge < -0.3 is 0 Å². The van der Waals surface area contributed by atoms with Gasteiger partial charge in [-0.25, -0.2) is 0 Å². The maximum Gasteiger partial charge on any atom is 0.137 e. The average molecular weight is 1580 g/mol. The van der Waals surface area contributed by atoms with Crippen LogP contribution in [0.1, 0.15) is 17.5 Å². The molecule has 4 rings (SSSR count). The molecule has 0 aliphatic carbocycles. The number of rotatable bonds is 11. The van der Waals surface area contributed by atoms with Crippen molar-refractivity contribution in [1.82, 2.24) is 0 Å². The minimum absolute atomic E-state index is 0.0622. The Morgan fingerprint density at radius 1 is 0.444 bits per heavy atom. The molecule has 0 nitrogen and oxygen atoms in total. The largest absolute Gasteiger partial charge is 0.137 e. The van der Waals surface area contributed by atoms with E-state index in [1.54, 1.807) is 0 Å². The summed E-state index contributed by atoms with van der Waals surface area (Å²) >= 11 is 60.8. The molecule has 0 spiro atoms. The van der Waals surface area contributed by atoms with Crippen molar-refractivity contribution >= 4 is 260 Å². The zero-order chi connectivity index (χ0) is 33.9. The predicted molar refractivity (Wildman–Crippen MR) is 252 cm³/mol. The predicted octanol–water partition coefficient (Wildman–Crippen LogP) is 17.2. The number of fused-ring (bicyclic) bond motifs is 2. The summed E-state index contributed by atoms with van der Waals surface area (Å²) in [5, 5.41) is 4.72. The van der Waals surface area contributed by atoms with Crippen LogP contribution in [0.3, 0.4) is 0 Å². The van der Waals surface area contributed by atoms with Crippen LogP contribution in [0.5, 0.6) is 0 Å². The lowest BCUT2D eigenvalue weighted by Gasteiger charge is -2.57. The summed E-state index contributed by atoms with van der Waals surface area (Å²) in [5.74, 6) is 0. The zero-order valence-electron chi connectivity index (χ0n) is 22.2. The van der Waals surface area contributed by atoms with Crippen molar-refractivity contribution in [2.45, 2.75) is 40.3 Å². The molecule has 45 heavy (non-hydrogen) atoms. The van der Waals surface area contributed by atoms with Gasteiger partial charge in [-0.15, -0.1) is 0 Å². The van der Waals surface area contributed by atoms with E-state index in [2.05, 4.69) is 306 Å². The molecule has 0 heterocycles. The molecule has 0 fully saturated rings. The van der Waals surface area contributed by atoms with E-state index < -0.39 is 22.6 Å². The van der Waals surface area contributed by atoms with Crippen LogP contribution in [0.15, 0.2) is 84.9 Å². The Bertz CT molecular complexity index is 1670. The van der Waals surface area contributed by atoms with E-state index >= 15 is 0 Å². The maximum atomic E-state index is 4.07. The molecule has 4 aromatic rings. The molecule has 1 unspecified atom stereocenters. The van der Waals surface area contributed by atoms with Crippen LogP contribution in [0, 0.1) is 0 Å². The van der Waals surface area contributed by atoms with Crippen LogP contribution in [0.4, 0.5) is 0 Å². The number of aryl methyl sites for hydroxylation is 1. The van der Waals surface area contributed by atoms with E-state index in [4.69, 9.17) is 0 Å². The third-order valence-electron chi connectivity index (χ3n) is 7.46. The van der Waals surface area contributed by atoms with E-state index in [0.717, 1.165) is 29.2 Å². The third kappa shape index (κ3) is 7.63. The van der Waals surface area contributed by atoms with Crippen LogP contribution in [-0.2, 0) is 9.65 Å². The van der Waals surface area contributed by atoms with E-state index in [9.17, 15) is 0 Å². The summed E-state index contributed by atoms with van der Waals surface area (Å²) in [4.78, 5) is -0.0622. The van der Waals surface area contributed by atoms with Gasteiger partial charge in [0.1, 0.15) is 22.6 Å². The van der Waals surface area contributed by atoms with Gasteiger partial charge in [0.2, 0.25) is 0 Å². The first-order valence-corrected chi connectivity index (χ1v) is 24.8. The fourth-order valence-electron chi connectivity index (χ4n) is 4.84. The van der Waals surface area contributed by atoms with Crippen LogP contribution in [0.2, 0.25) is 0 Å². The number of halogens is 15. The number of benzene rings is 4. The van der Waals surface area contributed by atoms with Crippen LogP contribution in [-0.4, -0.2) is 24.2 Å². The van der Waals surface area contributed by atoms with Gasteiger partial charge in [-0.2, -0.15) is 0 Å². The first-order valence-electron chi connectivity index (χ1n) is 12.8. The van der Waals surface area contributed by atoms with Crippen LogP contribution in [0.25, 0.3) is 21.5 Å². The van der Waals surface area contributed by atoms with Crippen molar-refractivity contribution in [3.63, 3.8) is 0 Å². The molecule has 0 aliphatic heterocycles. The van der Waals surface area contributed by atoms with Crippen molar-refractivity contribution in [2.75, 3.05) is 0 Å². The third-order valence-corrected chi connectivity index (χ3v) is 38.9. The molecule has 0 saturated heterocycles. The molecule has 4 aromatic carbocycles. The molecular formula is C30H19Br15. The minimum atomic E-state index is -1.04. The summed E-state index contributed by atoms with van der Waals surface area (Å²) in [6.07, 6.45) is 1.68. The molecule has 0 bridgehead atoms. The summed E-state index contributed by atoms with van der Waals surface area (Å²) in [6.45, 7) is 0. The first kappa shape index (κ1) is 42.3. The maximum absolute atomic E-state index is 4.07. The Balaban J connectivity index is 1.68. The van der Waals surface area contributed by atoms with Gasteiger partial charge in [-0.1, -0.05) is 324 Å². The summed E-state index contributed by atoms with van der Waals surface area (Å²) in [6, 6.07) is 29.5. The van der Waals surface area contributed by atoms with Gasteiger partial charge in [0.25, 0.3) is 0 Å². The Morgan fingerprint density at radius 3 is 1.44 bits per heavy atom. The van der Waals surface area contributed by atoms with Crippen molar-refractivity contribution in [1.29, 1.82) is 0 Å². The number of hydrogen-bond acceptors (Lipinski definition) is 0. The average Bonchev–Trinajstić information content (AvgIpc) is 2.98. The second-order valence-electron chi connectivity index (χ2n) is 10.2. The molecule has 0 radical (unpaired) electrons. The Kier molecular flexibility index (Phi) is 14.8. The zero-order valence-corrected chi connectivity index (χ0v) is 46.0. The fraction of sp³-hybridized carbons (Fsp3) is 0.333. The highest BCUT2D eigenvalue weighted by molar-refractivity contribution is 9.36. The standard InChI is InChI=1S/C30H19Br15/c31-23(16-15-19-10-5-9-17-7-1-3-12-20(17)19)25(34,35)27(38,39)29(42,43)30(44,45)28(40,41)26(36,37)24(32,33)22-14-6-11-18-8-2-4-13-21(18)22/h1-14,23H,15-16H2. The molecule has 0 saturated carbocycles. The minimum Gasteiger partial charge on any atom is -0.0865 e. The smallest absolute Gasteiger partial charge is 0.0865 e. The quantitative estimate of drug-likeness (QED) is 0.131. The Morgan fingerprint density at radius 2 is 0.867 bits per heavy atom. The molecule has 0 amide bonds. The van der Waals surface area contributed by atoms with Crippen molar-refractivity contribution in [3.05, 3.63) is 96.1 Å². The van der Waals surface area contributed by atoms with E-state index in [-0.39, 0.29) is 4.83 Å². The second kappa shape index (κ2) is 15.8. The highest BCUT2D eigenvalue weighted by Gasteiger charge is 2.76. The summed E-state index contributed by atoms with van der Waals surface area (Å²) in [5.41, 5.74) is 2.31. The molecular weight excluding hydrogens is 1560 g/mol. The lowest BCUT2D eigenvalue weighted by atomic mass is 9.97. The number of alkyl halides is 15. The lowest BCUT2D eigenvalue weighted by Crippen LogP contribution is -2.67. The molecule has 244 valence electrons. The molecule has 15 heteroatoms. The van der Waals surface area contributed by atoms with Crippen molar-refractivity contribution in [3.8, 4) is 0 Å². The van der Waals surface area contributed by atoms with Gasteiger partial charge >= 0.3 is 0 Å². The normalized spacial score (nSPS) is 15.1. The highest BCUT2D eigenvalue weighted by atomic mass is 79.9. The second-order valence-corrected chi connectivity index (χ2v) is 35.6. The van der Waals surface area contributed by atoms with Crippen LogP contribution >= 0.6 is 239 Å². The first-order chi connectivity index (χ1) is 20.6. The molecule has 1 atom stereocenters. The molecule has 0 N–H and O–H groups in total. The molecule has 0 aromatic heterocycles. The summed E-state index contributed by atoms with van der Waals surface area (Å²) < 4.78 is -6.58. The van der Waals surface area contributed by atoms with Gasteiger partial charge in [-0.05, 0) is 45.5 Å². The monoisotopic (exact) mass is 1560 g/mol. The fourth-order valence-corrected chi connectivity index (χ4v) is 19.5. The van der Waals surface area contributed by atoms with E-state index in [0.29, 0.717) is 0 Å². The SMILES string of the molecule is BrC(CCc1cccc2ccccc12)C(Br)(Br)C(Br)(Br)C(Br)(Br)C(Br)(Br)C(Br)(Br)C(Br)(Br)C(Br)(Br)c1cccc2ccccc12. The van der Waals surface area contributed by atoms with Gasteiger partial charge in [0.15, 0.2) is 0 Å². The van der Waals surface area contributed by atoms with Crippen molar-refractivity contribution < 1.29 is 0 Å². The van der Waals surface area contributed by atoms with Crippen LogP contribution < -0.4 is 0 Å². The highest BCUT2D eigenvalue weighted by Crippen LogP contribution is 2.77. The van der Waals surface area contributed by atoms with Gasteiger partial charge in [-0.3, -0.25) is 0 Å². The lowest BCUT2D eigenvalue weighted by molar-refractivity contribution is 0.563. The van der Waals surface area contributed by atoms with Gasteiger partial charge in [0.05, 0.1) is 0 Å². The summed E-state index contributed by atoms with van der Waals surface area (Å²) in [7, 11) is 0. The van der Waals surface area contributed by atoms with Gasteiger partial charge in [0, 0.05) is 4.83 Å². The number of hydrogen-bond donors (Lipinski definition) is 0.